The first kappa shape index (κ1) is 18.1. The van der Waals surface area contributed by atoms with Gasteiger partial charge in [-0.05, 0) is 31.2 Å². The number of hydrogen-bond donors (Lipinski definition) is 1. The predicted octanol–water partition coefficient (Wildman–Crippen LogP) is 4.02. The molecule has 2 heterocycles. The van der Waals surface area contributed by atoms with Gasteiger partial charge in [-0.15, -0.1) is 11.3 Å². The highest BCUT2D eigenvalue weighted by atomic mass is 32.1. The van der Waals surface area contributed by atoms with Gasteiger partial charge in [0.25, 0.3) is 5.91 Å². The van der Waals surface area contributed by atoms with Gasteiger partial charge in [-0.25, -0.2) is 4.98 Å². The lowest BCUT2D eigenvalue weighted by Crippen LogP contribution is -2.28. The zero-order chi connectivity index (χ0) is 19.7. The summed E-state index contributed by atoms with van der Waals surface area (Å²) >= 11 is 1.42. The van der Waals surface area contributed by atoms with Gasteiger partial charge in [-0.3, -0.25) is 24.6 Å². The lowest BCUT2D eigenvalue weighted by Gasteiger charge is -2.13. The van der Waals surface area contributed by atoms with Crippen molar-refractivity contribution in [3.63, 3.8) is 0 Å². The molecule has 0 radical (unpaired) electrons. The Morgan fingerprint density at radius 3 is 2.29 bits per heavy atom. The number of aromatic nitrogens is 1. The van der Waals surface area contributed by atoms with Crippen LogP contribution in [0.2, 0.25) is 0 Å². The van der Waals surface area contributed by atoms with E-state index in [0.29, 0.717) is 16.4 Å². The van der Waals surface area contributed by atoms with Gasteiger partial charge in [-0.1, -0.05) is 30.3 Å². The average molecular weight is 391 g/mol. The number of anilines is 2. The Kier molecular flexibility index (Phi) is 4.75. The summed E-state index contributed by atoms with van der Waals surface area (Å²) in [6.07, 6.45) is 0.461. The molecule has 1 aliphatic rings. The van der Waals surface area contributed by atoms with Crippen molar-refractivity contribution in [3.8, 4) is 11.3 Å². The van der Waals surface area contributed by atoms with Crippen molar-refractivity contribution in [2.24, 2.45) is 0 Å². The Hall–Kier alpha value is -3.32. The molecule has 2 aromatic carbocycles. The molecule has 0 saturated carbocycles. The standard InChI is InChI=1S/C21H17N3O3S/c1-13-19(14-5-3-2-4-6-14)22-21(28-13)23-20(27)15-7-9-16(10-8-15)24-17(25)11-12-18(24)26/h2-10H,11-12H2,1H3,(H,22,23,27). The molecule has 140 valence electrons. The summed E-state index contributed by atoms with van der Waals surface area (Å²) in [5.74, 6) is -0.721. The smallest absolute Gasteiger partial charge is 0.257 e. The van der Waals surface area contributed by atoms with Crippen LogP contribution in [-0.2, 0) is 9.59 Å². The van der Waals surface area contributed by atoms with E-state index in [9.17, 15) is 14.4 Å². The second kappa shape index (κ2) is 7.36. The van der Waals surface area contributed by atoms with E-state index >= 15 is 0 Å². The van der Waals surface area contributed by atoms with Crippen molar-refractivity contribution < 1.29 is 14.4 Å². The monoisotopic (exact) mass is 391 g/mol. The molecule has 0 atom stereocenters. The molecule has 1 aliphatic heterocycles. The highest BCUT2D eigenvalue weighted by molar-refractivity contribution is 7.16. The lowest BCUT2D eigenvalue weighted by molar-refractivity contribution is -0.121. The molecule has 4 rings (SSSR count). The average Bonchev–Trinajstić information content (AvgIpc) is 3.24. The van der Waals surface area contributed by atoms with Gasteiger partial charge in [0.1, 0.15) is 0 Å². The minimum absolute atomic E-state index is 0.214. The van der Waals surface area contributed by atoms with Crippen molar-refractivity contribution in [2.45, 2.75) is 19.8 Å². The van der Waals surface area contributed by atoms with Crippen LogP contribution < -0.4 is 10.2 Å². The molecule has 6 nitrogen and oxygen atoms in total. The fraction of sp³-hybridized carbons (Fsp3) is 0.143. The Morgan fingerprint density at radius 1 is 1.00 bits per heavy atom. The number of nitrogens with zero attached hydrogens (tertiary/aromatic N) is 2. The Labute approximate surface area is 165 Å². The van der Waals surface area contributed by atoms with Crippen molar-refractivity contribution in [1.29, 1.82) is 0 Å². The third-order valence-corrected chi connectivity index (χ3v) is 5.39. The molecule has 28 heavy (non-hydrogen) atoms. The molecule has 3 aromatic rings. The summed E-state index contributed by atoms with van der Waals surface area (Å²) in [6.45, 7) is 1.97. The van der Waals surface area contributed by atoms with E-state index in [1.54, 1.807) is 24.3 Å². The first-order valence-electron chi connectivity index (χ1n) is 8.83. The highest BCUT2D eigenvalue weighted by Crippen LogP contribution is 2.30. The van der Waals surface area contributed by atoms with E-state index in [1.165, 1.54) is 11.3 Å². The molecule has 0 bridgehead atoms. The maximum absolute atomic E-state index is 12.5. The number of hydrogen-bond acceptors (Lipinski definition) is 5. The molecule has 0 spiro atoms. The third-order valence-electron chi connectivity index (χ3n) is 4.50. The summed E-state index contributed by atoms with van der Waals surface area (Å²) < 4.78 is 0. The van der Waals surface area contributed by atoms with Crippen molar-refractivity contribution in [3.05, 3.63) is 65.0 Å². The SMILES string of the molecule is Cc1sc(NC(=O)c2ccc(N3C(=O)CCC3=O)cc2)nc1-c1ccccc1. The van der Waals surface area contributed by atoms with Crippen LogP contribution in [0.5, 0.6) is 0 Å². The van der Waals surface area contributed by atoms with Crippen LogP contribution in [0.25, 0.3) is 11.3 Å². The van der Waals surface area contributed by atoms with Crippen LogP contribution >= 0.6 is 11.3 Å². The van der Waals surface area contributed by atoms with Crippen molar-refractivity contribution in [2.75, 3.05) is 10.2 Å². The Bertz CT molecular complexity index is 1040. The fourth-order valence-electron chi connectivity index (χ4n) is 3.11. The normalized spacial score (nSPS) is 13.8. The zero-order valence-corrected chi connectivity index (χ0v) is 16.0. The molecule has 0 unspecified atom stereocenters. The molecule has 1 aromatic heterocycles. The third kappa shape index (κ3) is 3.44. The van der Waals surface area contributed by atoms with Gasteiger partial charge in [-0.2, -0.15) is 0 Å². The van der Waals surface area contributed by atoms with Gasteiger partial charge in [0.2, 0.25) is 11.8 Å². The van der Waals surface area contributed by atoms with Gasteiger partial charge < -0.3 is 0 Å². The maximum atomic E-state index is 12.5. The summed E-state index contributed by atoms with van der Waals surface area (Å²) in [7, 11) is 0. The lowest BCUT2D eigenvalue weighted by atomic mass is 10.1. The molecule has 3 amide bonds. The minimum Gasteiger partial charge on any atom is -0.298 e. The number of carbonyl (C=O) groups excluding carboxylic acids is 3. The van der Waals surface area contributed by atoms with E-state index in [4.69, 9.17) is 0 Å². The van der Waals surface area contributed by atoms with Gasteiger partial charge >= 0.3 is 0 Å². The molecule has 1 saturated heterocycles. The number of carbonyl (C=O) groups is 3. The van der Waals surface area contributed by atoms with Crippen molar-refractivity contribution in [1.82, 2.24) is 4.98 Å². The van der Waals surface area contributed by atoms with Gasteiger partial charge in [0, 0.05) is 28.8 Å². The van der Waals surface area contributed by atoms with Crippen LogP contribution in [0.1, 0.15) is 28.1 Å². The van der Waals surface area contributed by atoms with E-state index in [2.05, 4.69) is 10.3 Å². The molecule has 0 aliphatic carbocycles. The van der Waals surface area contributed by atoms with E-state index in [1.807, 2.05) is 37.3 Å². The van der Waals surface area contributed by atoms with Crippen molar-refractivity contribution >= 4 is 39.9 Å². The number of amides is 3. The first-order chi connectivity index (χ1) is 13.5. The number of rotatable bonds is 4. The van der Waals surface area contributed by atoms with E-state index in [-0.39, 0.29) is 30.6 Å². The number of aryl methyl sites for hydroxylation is 1. The number of imide groups is 1. The molecule has 1 N–H and O–H groups in total. The predicted molar refractivity (Wildman–Crippen MR) is 108 cm³/mol. The summed E-state index contributed by atoms with van der Waals surface area (Å²) in [5, 5.41) is 3.34. The van der Waals surface area contributed by atoms with Gasteiger partial charge in [0.05, 0.1) is 11.4 Å². The molecule has 7 heteroatoms. The van der Waals surface area contributed by atoms with E-state index < -0.39 is 0 Å². The summed E-state index contributed by atoms with van der Waals surface area (Å²) in [5.41, 5.74) is 2.76. The fourth-order valence-corrected chi connectivity index (χ4v) is 3.94. The maximum Gasteiger partial charge on any atom is 0.257 e. The van der Waals surface area contributed by atoms with E-state index in [0.717, 1.165) is 21.0 Å². The second-order valence-corrected chi connectivity index (χ2v) is 7.62. The highest BCUT2D eigenvalue weighted by Gasteiger charge is 2.30. The molecule has 1 fully saturated rings. The molecular formula is C21H17N3O3S. The number of thiazole rings is 1. The van der Waals surface area contributed by atoms with Crippen LogP contribution in [0.15, 0.2) is 54.6 Å². The van der Waals surface area contributed by atoms with Crippen LogP contribution in [0, 0.1) is 6.92 Å². The largest absolute Gasteiger partial charge is 0.298 e. The van der Waals surface area contributed by atoms with Crippen LogP contribution in [0.3, 0.4) is 0 Å². The Balaban J connectivity index is 1.50. The Morgan fingerprint density at radius 2 is 1.64 bits per heavy atom. The minimum atomic E-state index is -0.293. The van der Waals surface area contributed by atoms with Gasteiger partial charge in [0.15, 0.2) is 5.13 Å². The number of benzene rings is 2. The zero-order valence-electron chi connectivity index (χ0n) is 15.1. The summed E-state index contributed by atoms with van der Waals surface area (Å²) in [4.78, 5) is 42.9. The molecular weight excluding hydrogens is 374 g/mol. The van der Waals surface area contributed by atoms with Crippen LogP contribution in [-0.4, -0.2) is 22.7 Å². The quantitative estimate of drug-likeness (QED) is 0.681. The number of nitrogens with one attached hydrogen (secondary N) is 1. The first-order valence-corrected chi connectivity index (χ1v) is 9.64. The van der Waals surface area contributed by atoms with Crippen LogP contribution in [0.4, 0.5) is 10.8 Å². The second-order valence-electron chi connectivity index (χ2n) is 6.41. The topological polar surface area (TPSA) is 79.4 Å². The summed E-state index contributed by atoms with van der Waals surface area (Å²) in [6, 6.07) is 16.2.